The van der Waals surface area contributed by atoms with Gasteiger partial charge >= 0.3 is 0 Å². The van der Waals surface area contributed by atoms with Gasteiger partial charge < -0.3 is 19.5 Å². The molecule has 0 saturated heterocycles. The number of amides is 1. The highest BCUT2D eigenvalue weighted by Crippen LogP contribution is 2.59. The highest BCUT2D eigenvalue weighted by molar-refractivity contribution is 5.92. The normalized spacial score (nSPS) is 28.4. The quantitative estimate of drug-likeness (QED) is 0.695. The third kappa shape index (κ3) is 3.98. The van der Waals surface area contributed by atoms with Gasteiger partial charge in [0.25, 0.3) is 5.91 Å². The van der Waals surface area contributed by atoms with Crippen molar-refractivity contribution >= 4 is 5.91 Å². The Morgan fingerprint density at radius 1 is 1.06 bits per heavy atom. The van der Waals surface area contributed by atoms with Gasteiger partial charge in [-0.1, -0.05) is 6.07 Å². The van der Waals surface area contributed by atoms with Crippen LogP contribution in [0.4, 0.5) is 0 Å². The Morgan fingerprint density at radius 2 is 1.68 bits per heavy atom. The molecule has 0 spiro atoms. The van der Waals surface area contributed by atoms with Crippen molar-refractivity contribution in [2.45, 2.75) is 45.3 Å². The number of methoxy groups -OCH3 is 2. The maximum atomic E-state index is 12.8. The molecule has 0 atom stereocenters. The van der Waals surface area contributed by atoms with E-state index in [0.29, 0.717) is 28.4 Å². The molecule has 2 aromatic rings. The lowest BCUT2D eigenvalue weighted by Crippen LogP contribution is -2.51. The number of hydrogen-bond acceptors (Lipinski definition) is 5. The van der Waals surface area contributed by atoms with E-state index < -0.39 is 0 Å². The average molecular weight is 426 g/mol. The summed E-state index contributed by atoms with van der Waals surface area (Å²) in [5.74, 6) is 4.21. The van der Waals surface area contributed by atoms with Crippen molar-refractivity contribution < 1.29 is 19.0 Å². The van der Waals surface area contributed by atoms with E-state index in [-0.39, 0.29) is 12.6 Å². The van der Waals surface area contributed by atoms with E-state index in [1.165, 1.54) is 38.5 Å². The molecule has 1 aromatic carbocycles. The van der Waals surface area contributed by atoms with Gasteiger partial charge in [0.05, 0.1) is 14.2 Å². The Bertz CT molecular complexity index is 897. The number of nitrogens with one attached hydrogen (secondary N) is 1. The monoisotopic (exact) mass is 425 g/mol. The van der Waals surface area contributed by atoms with E-state index in [1.54, 1.807) is 31.2 Å². The van der Waals surface area contributed by atoms with Gasteiger partial charge in [-0.2, -0.15) is 5.10 Å². The number of benzene rings is 1. The van der Waals surface area contributed by atoms with Crippen LogP contribution in [-0.2, 0) is 6.73 Å². The Morgan fingerprint density at radius 3 is 2.26 bits per heavy atom. The molecular weight excluding hydrogens is 394 g/mol. The Kier molecular flexibility index (Phi) is 5.28. The van der Waals surface area contributed by atoms with Gasteiger partial charge in [-0.25, -0.2) is 4.68 Å². The van der Waals surface area contributed by atoms with Crippen LogP contribution in [0, 0.1) is 23.2 Å². The van der Waals surface area contributed by atoms with Gasteiger partial charge in [-0.15, -0.1) is 0 Å². The van der Waals surface area contributed by atoms with E-state index >= 15 is 0 Å². The largest absolute Gasteiger partial charge is 0.493 e. The molecular formula is C24H31N3O4. The van der Waals surface area contributed by atoms with Gasteiger partial charge in [0.2, 0.25) is 5.75 Å². The van der Waals surface area contributed by atoms with Crippen molar-refractivity contribution in [1.82, 2.24) is 15.1 Å². The second-order valence-electron chi connectivity index (χ2n) is 9.61. The summed E-state index contributed by atoms with van der Waals surface area (Å²) in [6.07, 6.45) is 9.83. The van der Waals surface area contributed by atoms with Crippen LogP contribution in [0.1, 0.15) is 49.0 Å². The van der Waals surface area contributed by atoms with Crippen molar-refractivity contribution in [3.8, 4) is 17.2 Å². The fourth-order valence-electron chi connectivity index (χ4n) is 6.51. The Balaban J connectivity index is 1.19. The van der Waals surface area contributed by atoms with Crippen molar-refractivity contribution in [3.63, 3.8) is 0 Å². The highest BCUT2D eigenvalue weighted by Gasteiger charge is 2.50. The minimum Gasteiger partial charge on any atom is -0.493 e. The highest BCUT2D eigenvalue weighted by atomic mass is 16.5. The number of carbonyl (C=O) groups excluding carboxylic acids is 1. The lowest BCUT2D eigenvalue weighted by atomic mass is 9.49. The van der Waals surface area contributed by atoms with Crippen LogP contribution in [0.15, 0.2) is 30.5 Å². The van der Waals surface area contributed by atoms with Crippen LogP contribution >= 0.6 is 0 Å². The molecule has 7 nitrogen and oxygen atoms in total. The van der Waals surface area contributed by atoms with Crippen LogP contribution in [-0.4, -0.2) is 36.5 Å². The maximum Gasteiger partial charge on any atom is 0.271 e. The fourth-order valence-corrected chi connectivity index (χ4v) is 6.51. The molecule has 0 radical (unpaired) electrons. The van der Waals surface area contributed by atoms with E-state index in [2.05, 4.69) is 10.4 Å². The molecule has 1 aromatic heterocycles. The zero-order chi connectivity index (χ0) is 21.4. The van der Waals surface area contributed by atoms with Crippen LogP contribution in [0.3, 0.4) is 0 Å². The number of hydrogen-bond donors (Lipinski definition) is 1. The average Bonchev–Trinajstić information content (AvgIpc) is 3.24. The SMILES string of the molecule is COc1cccc(OC)c1OCn1ccc(C(=O)NCC23CC4CC(CC(C4)C2)C3)n1. The van der Waals surface area contributed by atoms with Gasteiger partial charge in [0.15, 0.2) is 18.2 Å². The maximum absolute atomic E-state index is 12.8. The third-order valence-corrected chi connectivity index (χ3v) is 7.39. The summed E-state index contributed by atoms with van der Waals surface area (Å²) in [5.41, 5.74) is 0.733. The van der Waals surface area contributed by atoms with Crippen LogP contribution in [0.5, 0.6) is 17.2 Å². The van der Waals surface area contributed by atoms with Crippen molar-refractivity contribution in [1.29, 1.82) is 0 Å². The van der Waals surface area contributed by atoms with Crippen LogP contribution in [0.2, 0.25) is 0 Å². The summed E-state index contributed by atoms with van der Waals surface area (Å²) in [7, 11) is 3.17. The van der Waals surface area contributed by atoms with E-state index in [4.69, 9.17) is 14.2 Å². The Hall–Kier alpha value is -2.70. The molecule has 4 aliphatic rings. The summed E-state index contributed by atoms with van der Waals surface area (Å²) in [5, 5.41) is 7.58. The predicted molar refractivity (Wildman–Crippen MR) is 115 cm³/mol. The second-order valence-corrected chi connectivity index (χ2v) is 9.61. The predicted octanol–water partition coefficient (Wildman–Crippen LogP) is 3.88. The van der Waals surface area contributed by atoms with Crippen molar-refractivity contribution in [3.05, 3.63) is 36.2 Å². The first-order valence-electron chi connectivity index (χ1n) is 11.2. The number of nitrogens with zero attached hydrogens (tertiary/aromatic N) is 2. The van der Waals surface area contributed by atoms with Gasteiger partial charge in [-0.3, -0.25) is 4.79 Å². The molecule has 4 fully saturated rings. The summed E-state index contributed by atoms with van der Waals surface area (Å²) in [4.78, 5) is 12.8. The number of carbonyl (C=O) groups is 1. The molecule has 7 heteroatoms. The zero-order valence-corrected chi connectivity index (χ0v) is 18.3. The summed E-state index contributed by atoms with van der Waals surface area (Å²) >= 11 is 0. The number of para-hydroxylation sites is 1. The lowest BCUT2D eigenvalue weighted by Gasteiger charge is -2.56. The van der Waals surface area contributed by atoms with Gasteiger partial charge in [-0.05, 0) is 79.9 Å². The molecule has 1 heterocycles. The van der Waals surface area contributed by atoms with Crippen molar-refractivity contribution in [2.24, 2.45) is 23.2 Å². The number of ether oxygens (including phenoxy) is 3. The number of aromatic nitrogens is 2. The zero-order valence-electron chi connectivity index (χ0n) is 18.3. The molecule has 6 rings (SSSR count). The molecule has 4 saturated carbocycles. The first-order valence-corrected chi connectivity index (χ1v) is 11.2. The lowest BCUT2D eigenvalue weighted by molar-refractivity contribution is -0.0503. The smallest absolute Gasteiger partial charge is 0.271 e. The molecule has 1 N–H and O–H groups in total. The minimum absolute atomic E-state index is 0.107. The van der Waals surface area contributed by atoms with Crippen LogP contribution in [0.25, 0.3) is 0 Å². The molecule has 1 amide bonds. The standard InChI is InChI=1S/C24H31N3O4/c1-29-20-4-3-5-21(30-2)22(20)31-15-27-7-6-19(26-27)23(28)25-14-24-11-16-8-17(12-24)10-18(9-16)13-24/h3-7,16-18H,8-15H2,1-2H3,(H,25,28). The second kappa shape index (κ2) is 8.09. The van der Waals surface area contributed by atoms with E-state index in [1.807, 2.05) is 18.2 Å². The third-order valence-electron chi connectivity index (χ3n) is 7.39. The van der Waals surface area contributed by atoms with Crippen LogP contribution < -0.4 is 19.5 Å². The van der Waals surface area contributed by atoms with Gasteiger partial charge in [0, 0.05) is 12.7 Å². The molecule has 31 heavy (non-hydrogen) atoms. The molecule has 166 valence electrons. The summed E-state index contributed by atoms with van der Waals surface area (Å²) < 4.78 is 18.2. The summed E-state index contributed by atoms with van der Waals surface area (Å²) in [6, 6.07) is 7.19. The summed E-state index contributed by atoms with van der Waals surface area (Å²) in [6.45, 7) is 0.927. The topological polar surface area (TPSA) is 74.6 Å². The minimum atomic E-state index is -0.107. The molecule has 4 aliphatic carbocycles. The van der Waals surface area contributed by atoms with Gasteiger partial charge in [0.1, 0.15) is 5.69 Å². The first-order chi connectivity index (χ1) is 15.1. The first kappa shape index (κ1) is 20.2. The molecule has 0 aliphatic heterocycles. The van der Waals surface area contributed by atoms with Crippen molar-refractivity contribution in [2.75, 3.05) is 20.8 Å². The number of rotatable bonds is 8. The molecule has 0 unspecified atom stereocenters. The van der Waals surface area contributed by atoms with E-state index in [9.17, 15) is 4.79 Å². The Labute approximate surface area is 183 Å². The van der Waals surface area contributed by atoms with E-state index in [0.717, 1.165) is 24.3 Å². The fraction of sp³-hybridized carbons (Fsp3) is 0.583. The molecule has 4 bridgehead atoms.